The van der Waals surface area contributed by atoms with Crippen LogP contribution in [0.25, 0.3) is 0 Å². The second-order valence-corrected chi connectivity index (χ2v) is 5.25. The van der Waals surface area contributed by atoms with Gasteiger partial charge in [0.25, 0.3) is 0 Å². The first-order chi connectivity index (χ1) is 10.0. The Labute approximate surface area is 124 Å². The molecule has 0 saturated heterocycles. The molecule has 0 aromatic carbocycles. The average molecular weight is 290 g/mol. The molecule has 0 fully saturated rings. The van der Waals surface area contributed by atoms with Crippen molar-refractivity contribution in [2.45, 2.75) is 53.2 Å². The number of carbonyl (C=O) groups excluding carboxylic acids is 1. The molecule has 1 amide bonds. The largest absolute Gasteiger partial charge is 0.350 e. The molecule has 0 aliphatic rings. The van der Waals surface area contributed by atoms with Crippen molar-refractivity contribution >= 4 is 5.91 Å². The molecule has 7 heteroatoms. The van der Waals surface area contributed by atoms with E-state index in [4.69, 9.17) is 0 Å². The maximum Gasteiger partial charge on any atom is 0.242 e. The summed E-state index contributed by atoms with van der Waals surface area (Å²) in [6, 6.07) is -0.0122. The van der Waals surface area contributed by atoms with Crippen LogP contribution < -0.4 is 5.32 Å². The van der Waals surface area contributed by atoms with E-state index < -0.39 is 0 Å². The predicted molar refractivity (Wildman–Crippen MR) is 78.7 cm³/mol. The third-order valence-electron chi connectivity index (χ3n) is 3.51. The van der Waals surface area contributed by atoms with Crippen LogP contribution in [-0.2, 0) is 24.3 Å². The van der Waals surface area contributed by atoms with E-state index >= 15 is 0 Å². The molecule has 0 aliphatic carbocycles. The topological polar surface area (TPSA) is 77.6 Å². The monoisotopic (exact) mass is 290 g/mol. The van der Waals surface area contributed by atoms with Crippen molar-refractivity contribution in [3.63, 3.8) is 0 Å². The Morgan fingerprint density at radius 2 is 2.19 bits per heavy atom. The van der Waals surface area contributed by atoms with Crippen LogP contribution in [-0.4, -0.2) is 36.5 Å². The van der Waals surface area contributed by atoms with Gasteiger partial charge < -0.3 is 5.32 Å². The normalized spacial score (nSPS) is 12.4. The van der Waals surface area contributed by atoms with Crippen molar-refractivity contribution in [2.75, 3.05) is 0 Å². The van der Waals surface area contributed by atoms with E-state index in [0.717, 1.165) is 17.8 Å². The maximum absolute atomic E-state index is 12.1. The van der Waals surface area contributed by atoms with Crippen molar-refractivity contribution < 1.29 is 4.79 Å². The number of aryl methyl sites for hydroxylation is 1. The molecule has 2 heterocycles. The Kier molecular flexibility index (Phi) is 4.72. The van der Waals surface area contributed by atoms with Crippen LogP contribution >= 0.6 is 0 Å². The second-order valence-electron chi connectivity index (χ2n) is 5.25. The highest BCUT2D eigenvalue weighted by molar-refractivity contribution is 5.76. The summed E-state index contributed by atoms with van der Waals surface area (Å²) in [6.07, 6.45) is 4.05. The van der Waals surface area contributed by atoms with Gasteiger partial charge >= 0.3 is 0 Å². The van der Waals surface area contributed by atoms with Gasteiger partial charge in [-0.05, 0) is 32.8 Å². The number of aromatic nitrogens is 5. The zero-order valence-corrected chi connectivity index (χ0v) is 13.0. The smallest absolute Gasteiger partial charge is 0.242 e. The van der Waals surface area contributed by atoms with Crippen LogP contribution in [0.5, 0.6) is 0 Å². The number of carbonyl (C=O) groups is 1. The quantitative estimate of drug-likeness (QED) is 0.856. The number of hydrogen-bond donors (Lipinski definition) is 1. The van der Waals surface area contributed by atoms with E-state index in [1.807, 2.05) is 20.8 Å². The van der Waals surface area contributed by atoms with Crippen molar-refractivity contribution in [3.8, 4) is 0 Å². The molecule has 21 heavy (non-hydrogen) atoms. The SMILES string of the molecule is CCc1c(C)nn(CC(=O)N[C@H](C)Cn2cncn2)c1C. The van der Waals surface area contributed by atoms with Crippen LogP contribution in [0.4, 0.5) is 0 Å². The molecule has 114 valence electrons. The van der Waals surface area contributed by atoms with Crippen molar-refractivity contribution in [2.24, 2.45) is 0 Å². The van der Waals surface area contributed by atoms with Crippen LogP contribution in [0.2, 0.25) is 0 Å². The van der Waals surface area contributed by atoms with Crippen LogP contribution in [0.3, 0.4) is 0 Å². The minimum Gasteiger partial charge on any atom is -0.350 e. The molecule has 2 rings (SSSR count). The summed E-state index contributed by atoms with van der Waals surface area (Å²) >= 11 is 0. The van der Waals surface area contributed by atoms with Gasteiger partial charge in [-0.25, -0.2) is 4.98 Å². The molecule has 0 radical (unpaired) electrons. The summed E-state index contributed by atoms with van der Waals surface area (Å²) < 4.78 is 3.47. The van der Waals surface area contributed by atoms with E-state index in [-0.39, 0.29) is 18.5 Å². The molecule has 1 atom stereocenters. The number of amides is 1. The summed E-state index contributed by atoms with van der Waals surface area (Å²) in [5.74, 6) is -0.0455. The number of nitrogens with zero attached hydrogens (tertiary/aromatic N) is 5. The first-order valence-electron chi connectivity index (χ1n) is 7.16. The van der Waals surface area contributed by atoms with E-state index in [9.17, 15) is 4.79 Å². The molecule has 0 spiro atoms. The van der Waals surface area contributed by atoms with Gasteiger partial charge in [0, 0.05) is 11.7 Å². The van der Waals surface area contributed by atoms with E-state index in [1.165, 1.54) is 11.9 Å². The fourth-order valence-electron chi connectivity index (χ4n) is 2.51. The Morgan fingerprint density at radius 3 is 2.76 bits per heavy atom. The molecular weight excluding hydrogens is 268 g/mol. The first kappa shape index (κ1) is 15.2. The Balaban J connectivity index is 1.92. The summed E-state index contributed by atoms with van der Waals surface area (Å²) in [5.41, 5.74) is 3.28. The zero-order chi connectivity index (χ0) is 15.4. The van der Waals surface area contributed by atoms with Gasteiger partial charge in [-0.1, -0.05) is 6.92 Å². The molecule has 0 aliphatic heterocycles. The first-order valence-corrected chi connectivity index (χ1v) is 7.16. The molecule has 2 aromatic rings. The fraction of sp³-hybridized carbons (Fsp3) is 0.571. The minimum atomic E-state index is -0.0455. The van der Waals surface area contributed by atoms with Gasteiger partial charge in [0.2, 0.25) is 5.91 Å². The van der Waals surface area contributed by atoms with Crippen LogP contribution in [0.15, 0.2) is 12.7 Å². The van der Waals surface area contributed by atoms with Gasteiger partial charge in [0.1, 0.15) is 19.2 Å². The maximum atomic E-state index is 12.1. The lowest BCUT2D eigenvalue weighted by Gasteiger charge is -2.14. The highest BCUT2D eigenvalue weighted by atomic mass is 16.2. The minimum absolute atomic E-state index is 0.0122. The number of hydrogen-bond acceptors (Lipinski definition) is 4. The second kappa shape index (κ2) is 6.51. The van der Waals surface area contributed by atoms with Crippen molar-refractivity contribution in [3.05, 3.63) is 29.6 Å². The highest BCUT2D eigenvalue weighted by Gasteiger charge is 2.14. The third kappa shape index (κ3) is 3.68. The van der Waals surface area contributed by atoms with E-state index in [1.54, 1.807) is 15.7 Å². The molecular formula is C14H22N6O. The van der Waals surface area contributed by atoms with Crippen molar-refractivity contribution in [1.82, 2.24) is 29.9 Å². The van der Waals surface area contributed by atoms with Gasteiger partial charge in [0.05, 0.1) is 12.2 Å². The fourth-order valence-corrected chi connectivity index (χ4v) is 2.51. The number of rotatable bonds is 6. The van der Waals surface area contributed by atoms with Crippen LogP contribution in [0.1, 0.15) is 30.8 Å². The number of nitrogens with one attached hydrogen (secondary N) is 1. The molecule has 2 aromatic heterocycles. The lowest BCUT2D eigenvalue weighted by atomic mass is 10.1. The van der Waals surface area contributed by atoms with Crippen LogP contribution in [0, 0.1) is 13.8 Å². The summed E-state index contributed by atoms with van der Waals surface area (Å²) in [4.78, 5) is 16.0. The molecule has 0 unspecified atom stereocenters. The molecule has 1 N–H and O–H groups in total. The lowest BCUT2D eigenvalue weighted by Crippen LogP contribution is -2.38. The standard InChI is InChI=1S/C14H22N6O/c1-5-13-11(3)18-20(12(13)4)7-14(21)17-10(2)6-19-9-15-8-16-19/h8-10H,5-7H2,1-4H3,(H,17,21)/t10-/m1/s1. The molecule has 7 nitrogen and oxygen atoms in total. The molecule has 0 bridgehead atoms. The summed E-state index contributed by atoms with van der Waals surface area (Å²) in [6.45, 7) is 8.87. The summed E-state index contributed by atoms with van der Waals surface area (Å²) in [5, 5.41) is 11.4. The van der Waals surface area contributed by atoms with Crippen molar-refractivity contribution in [1.29, 1.82) is 0 Å². The Hall–Kier alpha value is -2.18. The predicted octanol–water partition coefficient (Wildman–Crippen LogP) is 0.859. The summed E-state index contributed by atoms with van der Waals surface area (Å²) in [7, 11) is 0. The Morgan fingerprint density at radius 1 is 1.43 bits per heavy atom. The van der Waals surface area contributed by atoms with Gasteiger partial charge in [-0.15, -0.1) is 0 Å². The Bertz CT molecular complexity index is 601. The molecule has 0 saturated carbocycles. The van der Waals surface area contributed by atoms with E-state index in [2.05, 4.69) is 27.4 Å². The zero-order valence-electron chi connectivity index (χ0n) is 13.0. The third-order valence-corrected chi connectivity index (χ3v) is 3.51. The highest BCUT2D eigenvalue weighted by Crippen LogP contribution is 2.13. The van der Waals surface area contributed by atoms with Gasteiger partial charge in [-0.2, -0.15) is 10.2 Å². The van der Waals surface area contributed by atoms with E-state index in [0.29, 0.717) is 6.54 Å². The van der Waals surface area contributed by atoms with Gasteiger partial charge in [0.15, 0.2) is 0 Å². The van der Waals surface area contributed by atoms with Gasteiger partial charge in [-0.3, -0.25) is 14.2 Å². The average Bonchev–Trinajstić information content (AvgIpc) is 2.99. The lowest BCUT2D eigenvalue weighted by molar-refractivity contribution is -0.122.